The molecular formula is C12H15Cl3N2O2S. The van der Waals surface area contributed by atoms with Gasteiger partial charge in [0.1, 0.15) is 0 Å². The van der Waals surface area contributed by atoms with Crippen molar-refractivity contribution in [2.45, 2.75) is 12.8 Å². The van der Waals surface area contributed by atoms with Crippen LogP contribution >= 0.6 is 34.8 Å². The first kappa shape index (κ1) is 16.2. The van der Waals surface area contributed by atoms with E-state index in [1.54, 1.807) is 0 Å². The van der Waals surface area contributed by atoms with Gasteiger partial charge < -0.3 is 5.32 Å². The van der Waals surface area contributed by atoms with Crippen molar-refractivity contribution in [1.29, 1.82) is 0 Å². The molecule has 0 spiro atoms. The molecule has 0 saturated carbocycles. The zero-order chi connectivity index (χ0) is 14.8. The molecule has 1 aromatic carbocycles. The highest BCUT2D eigenvalue weighted by Gasteiger charge is 2.22. The molecule has 112 valence electrons. The molecule has 4 nitrogen and oxygen atoms in total. The summed E-state index contributed by atoms with van der Waals surface area (Å²) >= 11 is 17.6. The Morgan fingerprint density at radius 2 is 1.90 bits per heavy atom. The van der Waals surface area contributed by atoms with Gasteiger partial charge in [0.2, 0.25) is 10.0 Å². The average Bonchev–Trinajstić information content (AvgIpc) is 2.36. The average molecular weight is 358 g/mol. The second kappa shape index (κ2) is 6.71. The van der Waals surface area contributed by atoms with Crippen molar-refractivity contribution in [2.24, 2.45) is 5.92 Å². The summed E-state index contributed by atoms with van der Waals surface area (Å²) in [7, 11) is -3.46. The number of anilines is 1. The third-order valence-corrected chi connectivity index (χ3v) is 5.61. The lowest BCUT2D eigenvalue weighted by molar-refractivity contribution is 0.404. The Morgan fingerprint density at radius 1 is 1.20 bits per heavy atom. The number of hydrogen-bond acceptors (Lipinski definition) is 3. The number of nitrogens with one attached hydrogen (secondary N) is 2. The first-order valence-corrected chi connectivity index (χ1v) is 9.02. The predicted molar refractivity (Wildman–Crippen MR) is 84.5 cm³/mol. The van der Waals surface area contributed by atoms with E-state index < -0.39 is 10.0 Å². The van der Waals surface area contributed by atoms with Crippen molar-refractivity contribution in [1.82, 2.24) is 5.32 Å². The zero-order valence-corrected chi connectivity index (χ0v) is 13.7. The lowest BCUT2D eigenvalue weighted by Crippen LogP contribution is -2.35. The lowest BCUT2D eigenvalue weighted by atomic mass is 10.0. The molecule has 1 heterocycles. The molecule has 0 radical (unpaired) electrons. The number of sulfonamides is 1. The van der Waals surface area contributed by atoms with Crippen LogP contribution in [0, 0.1) is 5.92 Å². The van der Waals surface area contributed by atoms with Gasteiger partial charge in [0.05, 0.1) is 26.5 Å². The molecule has 0 aromatic heterocycles. The van der Waals surface area contributed by atoms with E-state index in [0.29, 0.717) is 0 Å². The summed E-state index contributed by atoms with van der Waals surface area (Å²) in [5, 5.41) is 3.96. The Balaban J connectivity index is 2.09. The van der Waals surface area contributed by atoms with Gasteiger partial charge in [-0.3, -0.25) is 4.72 Å². The Kier molecular flexibility index (Phi) is 5.42. The molecular weight excluding hydrogens is 343 g/mol. The fourth-order valence-electron chi connectivity index (χ4n) is 2.19. The maximum atomic E-state index is 12.1. The van der Waals surface area contributed by atoms with Crippen LogP contribution in [0.3, 0.4) is 0 Å². The quantitative estimate of drug-likeness (QED) is 0.812. The highest BCUT2D eigenvalue weighted by Crippen LogP contribution is 2.33. The van der Waals surface area contributed by atoms with Gasteiger partial charge in [-0.05, 0) is 44.0 Å². The van der Waals surface area contributed by atoms with E-state index in [4.69, 9.17) is 34.8 Å². The maximum absolute atomic E-state index is 12.1. The molecule has 8 heteroatoms. The third kappa shape index (κ3) is 4.40. The Morgan fingerprint density at radius 3 is 2.55 bits per heavy atom. The Hall–Kier alpha value is -0.200. The minimum Gasteiger partial charge on any atom is -0.316 e. The molecule has 1 atom stereocenters. The molecule has 1 fully saturated rings. The molecule has 1 aliphatic rings. The van der Waals surface area contributed by atoms with Crippen molar-refractivity contribution in [2.75, 3.05) is 23.6 Å². The van der Waals surface area contributed by atoms with Crippen LogP contribution in [-0.4, -0.2) is 27.3 Å². The Bertz CT molecular complexity index is 587. The summed E-state index contributed by atoms with van der Waals surface area (Å²) in [5.41, 5.74) is 0.254. The van der Waals surface area contributed by atoms with E-state index in [2.05, 4.69) is 10.0 Å². The Labute approximate surface area is 133 Å². The van der Waals surface area contributed by atoms with E-state index in [0.717, 1.165) is 25.9 Å². The molecule has 1 aromatic rings. The topological polar surface area (TPSA) is 58.2 Å². The van der Waals surface area contributed by atoms with Crippen molar-refractivity contribution < 1.29 is 8.42 Å². The molecule has 1 unspecified atom stereocenters. The summed E-state index contributed by atoms with van der Waals surface area (Å²) in [4.78, 5) is 0. The summed E-state index contributed by atoms with van der Waals surface area (Å²) in [6, 6.07) is 2.84. The fourth-order valence-corrected chi connectivity index (χ4v) is 4.33. The number of halogens is 3. The van der Waals surface area contributed by atoms with Crippen LogP contribution in [0.25, 0.3) is 0 Å². The number of piperidine rings is 1. The van der Waals surface area contributed by atoms with Crippen molar-refractivity contribution >= 4 is 50.5 Å². The van der Waals surface area contributed by atoms with Crippen molar-refractivity contribution in [3.05, 3.63) is 27.2 Å². The molecule has 20 heavy (non-hydrogen) atoms. The lowest BCUT2D eigenvalue weighted by Gasteiger charge is -2.22. The van der Waals surface area contributed by atoms with E-state index in [1.807, 2.05) is 0 Å². The second-order valence-electron chi connectivity index (χ2n) is 4.84. The molecule has 1 saturated heterocycles. The fraction of sp³-hybridized carbons (Fsp3) is 0.500. The highest BCUT2D eigenvalue weighted by atomic mass is 35.5. The number of hydrogen-bond donors (Lipinski definition) is 2. The summed E-state index contributed by atoms with van der Waals surface area (Å²) in [6.45, 7) is 1.67. The van der Waals surface area contributed by atoms with E-state index in [-0.39, 0.29) is 32.4 Å². The largest absolute Gasteiger partial charge is 0.316 e. The van der Waals surface area contributed by atoms with E-state index >= 15 is 0 Å². The predicted octanol–water partition coefficient (Wildman–Crippen LogP) is 3.39. The summed E-state index contributed by atoms with van der Waals surface area (Å²) < 4.78 is 26.8. The normalized spacial score (nSPS) is 19.9. The monoisotopic (exact) mass is 356 g/mol. The molecule has 0 amide bonds. The van der Waals surface area contributed by atoms with Crippen LogP contribution in [0.4, 0.5) is 5.69 Å². The summed E-state index contributed by atoms with van der Waals surface area (Å²) in [5.74, 6) is 0.180. The van der Waals surface area contributed by atoms with Crippen LogP contribution < -0.4 is 10.0 Å². The molecule has 0 bridgehead atoms. The minimum absolute atomic E-state index is 0.0660. The van der Waals surface area contributed by atoms with Gasteiger partial charge in [0.25, 0.3) is 0 Å². The molecule has 0 aliphatic carbocycles. The van der Waals surface area contributed by atoms with Gasteiger partial charge in [0.15, 0.2) is 0 Å². The first-order chi connectivity index (χ1) is 9.37. The number of benzene rings is 1. The van der Waals surface area contributed by atoms with Gasteiger partial charge in [-0.2, -0.15) is 0 Å². The highest BCUT2D eigenvalue weighted by molar-refractivity contribution is 7.92. The van der Waals surface area contributed by atoms with Gasteiger partial charge in [-0.1, -0.05) is 34.8 Å². The van der Waals surface area contributed by atoms with Crippen LogP contribution in [0.5, 0.6) is 0 Å². The number of rotatable bonds is 4. The van der Waals surface area contributed by atoms with Crippen LogP contribution in [0.1, 0.15) is 12.8 Å². The second-order valence-corrected chi connectivity index (χ2v) is 7.83. The standard InChI is InChI=1S/C12H15Cl3N2O2S/c13-9-4-11(15)12(5-10(9)14)17-20(18,19)7-8-2-1-3-16-6-8/h4-5,8,16-17H,1-3,6-7H2. The van der Waals surface area contributed by atoms with Gasteiger partial charge in [-0.15, -0.1) is 0 Å². The van der Waals surface area contributed by atoms with Gasteiger partial charge in [-0.25, -0.2) is 8.42 Å². The summed E-state index contributed by atoms with van der Waals surface area (Å²) in [6.07, 6.45) is 1.90. The van der Waals surface area contributed by atoms with Gasteiger partial charge in [0, 0.05) is 0 Å². The first-order valence-electron chi connectivity index (χ1n) is 6.23. The third-order valence-electron chi connectivity index (χ3n) is 3.13. The maximum Gasteiger partial charge on any atom is 0.233 e. The smallest absolute Gasteiger partial charge is 0.233 e. The van der Waals surface area contributed by atoms with Gasteiger partial charge >= 0.3 is 0 Å². The molecule has 2 N–H and O–H groups in total. The van der Waals surface area contributed by atoms with Crippen LogP contribution in [0.2, 0.25) is 15.1 Å². The van der Waals surface area contributed by atoms with Crippen molar-refractivity contribution in [3.63, 3.8) is 0 Å². The van der Waals surface area contributed by atoms with E-state index in [9.17, 15) is 8.42 Å². The van der Waals surface area contributed by atoms with E-state index in [1.165, 1.54) is 12.1 Å². The van der Waals surface area contributed by atoms with Crippen molar-refractivity contribution in [3.8, 4) is 0 Å². The zero-order valence-electron chi connectivity index (χ0n) is 10.6. The van der Waals surface area contributed by atoms with Crippen LogP contribution in [-0.2, 0) is 10.0 Å². The molecule has 1 aliphatic heterocycles. The minimum atomic E-state index is -3.46. The SMILES string of the molecule is O=S(=O)(CC1CCCNC1)Nc1cc(Cl)c(Cl)cc1Cl. The molecule has 2 rings (SSSR count). The van der Waals surface area contributed by atoms with Crippen LogP contribution in [0.15, 0.2) is 12.1 Å².